The minimum Gasteiger partial charge on any atom is -0.492 e. The van der Waals surface area contributed by atoms with Crippen molar-refractivity contribution in [1.82, 2.24) is 15.1 Å². The van der Waals surface area contributed by atoms with Crippen LogP contribution in [0.3, 0.4) is 0 Å². The van der Waals surface area contributed by atoms with Gasteiger partial charge >= 0.3 is 0 Å². The summed E-state index contributed by atoms with van der Waals surface area (Å²) in [5.74, 6) is 1.16. The van der Waals surface area contributed by atoms with Crippen LogP contribution in [0.4, 0.5) is 5.69 Å². The molecule has 1 unspecified atom stereocenters. The molecule has 2 aromatic rings. The van der Waals surface area contributed by atoms with Crippen LogP contribution in [-0.2, 0) is 11.3 Å². The molecule has 1 aliphatic rings. The van der Waals surface area contributed by atoms with Crippen LogP contribution in [0.2, 0.25) is 0 Å². The van der Waals surface area contributed by atoms with Gasteiger partial charge in [-0.05, 0) is 12.0 Å². The largest absolute Gasteiger partial charge is 0.492 e. The van der Waals surface area contributed by atoms with Crippen LogP contribution >= 0.6 is 0 Å². The molecular formula is C17H22N4O2. The summed E-state index contributed by atoms with van der Waals surface area (Å²) in [6.45, 7) is 6.26. The van der Waals surface area contributed by atoms with E-state index in [1.165, 1.54) is 0 Å². The third kappa shape index (κ3) is 3.71. The Hall–Kier alpha value is -2.34. The highest BCUT2D eigenvalue weighted by atomic mass is 16.5. The number of aromatic nitrogens is 2. The van der Waals surface area contributed by atoms with Crippen LogP contribution in [0, 0.1) is 5.92 Å². The highest BCUT2D eigenvalue weighted by molar-refractivity contribution is 5.95. The molecule has 1 aromatic carbocycles. The van der Waals surface area contributed by atoms with Gasteiger partial charge in [0.2, 0.25) is 5.91 Å². The van der Waals surface area contributed by atoms with Gasteiger partial charge in [0.05, 0.1) is 11.9 Å². The SMILES string of the molecule is CC(C)Cn1cc(NC(=O)C2NCCOc3ccccc32)cn1. The molecule has 0 fully saturated rings. The van der Waals surface area contributed by atoms with Crippen molar-refractivity contribution in [2.24, 2.45) is 5.92 Å². The number of nitrogens with one attached hydrogen (secondary N) is 2. The van der Waals surface area contributed by atoms with Gasteiger partial charge in [-0.3, -0.25) is 14.8 Å². The number of hydrogen-bond donors (Lipinski definition) is 2. The number of benzene rings is 1. The summed E-state index contributed by atoms with van der Waals surface area (Å²) in [6, 6.07) is 7.20. The lowest BCUT2D eigenvalue weighted by Gasteiger charge is -2.16. The molecule has 2 N–H and O–H groups in total. The molecule has 0 saturated carbocycles. The van der Waals surface area contributed by atoms with Crippen LogP contribution in [0.25, 0.3) is 0 Å². The summed E-state index contributed by atoms with van der Waals surface area (Å²) in [5.41, 5.74) is 1.57. The van der Waals surface area contributed by atoms with E-state index in [9.17, 15) is 4.79 Å². The summed E-state index contributed by atoms with van der Waals surface area (Å²) in [7, 11) is 0. The molecule has 0 spiro atoms. The Kier molecular flexibility index (Phi) is 4.62. The van der Waals surface area contributed by atoms with E-state index in [-0.39, 0.29) is 5.91 Å². The Morgan fingerprint density at radius 1 is 1.48 bits per heavy atom. The number of rotatable bonds is 4. The van der Waals surface area contributed by atoms with Crippen molar-refractivity contribution < 1.29 is 9.53 Å². The summed E-state index contributed by atoms with van der Waals surface area (Å²) in [6.07, 6.45) is 3.54. The lowest BCUT2D eigenvalue weighted by Crippen LogP contribution is -2.33. The first-order valence-corrected chi connectivity index (χ1v) is 7.92. The molecule has 1 atom stereocenters. The minimum absolute atomic E-state index is 0.105. The summed E-state index contributed by atoms with van der Waals surface area (Å²) >= 11 is 0. The highest BCUT2D eigenvalue weighted by Crippen LogP contribution is 2.27. The van der Waals surface area contributed by atoms with E-state index in [0.717, 1.165) is 17.9 Å². The van der Waals surface area contributed by atoms with Gasteiger partial charge in [-0.2, -0.15) is 5.10 Å². The van der Waals surface area contributed by atoms with Crippen molar-refractivity contribution in [3.8, 4) is 5.75 Å². The van der Waals surface area contributed by atoms with Gasteiger partial charge in [0.1, 0.15) is 18.4 Å². The predicted octanol–water partition coefficient (Wildman–Crippen LogP) is 2.20. The Morgan fingerprint density at radius 3 is 3.13 bits per heavy atom. The molecule has 1 amide bonds. The van der Waals surface area contributed by atoms with Crippen LogP contribution in [0.15, 0.2) is 36.7 Å². The number of carbonyl (C=O) groups is 1. The first-order valence-electron chi connectivity index (χ1n) is 7.92. The maximum Gasteiger partial charge on any atom is 0.246 e. The van der Waals surface area contributed by atoms with Crippen LogP contribution < -0.4 is 15.4 Å². The van der Waals surface area contributed by atoms with Crippen molar-refractivity contribution in [3.05, 3.63) is 42.2 Å². The number of nitrogens with zero attached hydrogens (tertiary/aromatic N) is 2. The second-order valence-corrected chi connectivity index (χ2v) is 6.11. The van der Waals surface area contributed by atoms with Gasteiger partial charge in [-0.1, -0.05) is 32.0 Å². The maximum absolute atomic E-state index is 12.6. The van der Waals surface area contributed by atoms with Gasteiger partial charge < -0.3 is 10.1 Å². The third-order valence-corrected chi connectivity index (χ3v) is 3.65. The van der Waals surface area contributed by atoms with Gasteiger partial charge in [0, 0.05) is 24.8 Å². The van der Waals surface area contributed by atoms with Gasteiger partial charge in [0.15, 0.2) is 0 Å². The number of amides is 1. The van der Waals surface area contributed by atoms with Gasteiger partial charge in [0.25, 0.3) is 0 Å². The normalized spacial score (nSPS) is 17.3. The second-order valence-electron chi connectivity index (χ2n) is 6.11. The van der Waals surface area contributed by atoms with E-state index in [1.807, 2.05) is 35.1 Å². The van der Waals surface area contributed by atoms with E-state index in [0.29, 0.717) is 24.8 Å². The third-order valence-electron chi connectivity index (χ3n) is 3.65. The zero-order valence-electron chi connectivity index (χ0n) is 13.5. The standard InChI is InChI=1S/C17H22N4O2/c1-12(2)10-21-11-13(9-19-21)20-17(22)16-14-5-3-4-6-15(14)23-8-7-18-16/h3-6,9,11-12,16,18H,7-8,10H2,1-2H3,(H,20,22). The van der Waals surface area contributed by atoms with Crippen LogP contribution in [0.5, 0.6) is 5.75 Å². The number of anilines is 1. The van der Waals surface area contributed by atoms with Crippen LogP contribution in [-0.4, -0.2) is 28.8 Å². The van der Waals surface area contributed by atoms with E-state index in [2.05, 4.69) is 29.6 Å². The molecule has 0 aliphatic carbocycles. The summed E-state index contributed by atoms with van der Waals surface area (Å²) < 4.78 is 7.51. The fraction of sp³-hybridized carbons (Fsp3) is 0.412. The second kappa shape index (κ2) is 6.83. The van der Waals surface area contributed by atoms with Crippen LogP contribution in [0.1, 0.15) is 25.5 Å². The quantitative estimate of drug-likeness (QED) is 0.908. The maximum atomic E-state index is 12.6. The Labute approximate surface area is 135 Å². The zero-order valence-corrected chi connectivity index (χ0v) is 13.5. The van der Waals surface area contributed by atoms with E-state index in [1.54, 1.807) is 6.20 Å². The first kappa shape index (κ1) is 15.6. The molecule has 0 bridgehead atoms. The number of carbonyl (C=O) groups excluding carboxylic acids is 1. The smallest absolute Gasteiger partial charge is 0.246 e. The van der Waals surface area contributed by atoms with Crippen molar-refractivity contribution in [1.29, 1.82) is 0 Å². The average molecular weight is 314 g/mol. The van der Waals surface area contributed by atoms with Crippen molar-refractivity contribution in [3.63, 3.8) is 0 Å². The predicted molar refractivity (Wildman–Crippen MR) is 88.4 cm³/mol. The molecule has 23 heavy (non-hydrogen) atoms. The van der Waals surface area contributed by atoms with Gasteiger partial charge in [-0.15, -0.1) is 0 Å². The van der Waals surface area contributed by atoms with Gasteiger partial charge in [-0.25, -0.2) is 0 Å². The van der Waals surface area contributed by atoms with Crippen molar-refractivity contribution in [2.75, 3.05) is 18.5 Å². The fourth-order valence-corrected chi connectivity index (χ4v) is 2.68. The Bertz CT molecular complexity index is 681. The Balaban J connectivity index is 1.74. The molecule has 6 nitrogen and oxygen atoms in total. The molecule has 3 rings (SSSR count). The number of ether oxygens (including phenoxy) is 1. The molecule has 0 radical (unpaired) electrons. The fourth-order valence-electron chi connectivity index (χ4n) is 2.68. The average Bonchev–Trinajstić information content (AvgIpc) is 2.83. The molecule has 6 heteroatoms. The minimum atomic E-state index is -0.429. The van der Waals surface area contributed by atoms with E-state index >= 15 is 0 Å². The highest BCUT2D eigenvalue weighted by Gasteiger charge is 2.25. The number of hydrogen-bond acceptors (Lipinski definition) is 4. The van der Waals surface area contributed by atoms with Crippen molar-refractivity contribution >= 4 is 11.6 Å². The summed E-state index contributed by atoms with van der Waals surface area (Å²) in [4.78, 5) is 12.6. The molecule has 1 aliphatic heterocycles. The monoisotopic (exact) mass is 314 g/mol. The molecular weight excluding hydrogens is 292 g/mol. The molecule has 122 valence electrons. The van der Waals surface area contributed by atoms with E-state index < -0.39 is 6.04 Å². The molecule has 0 saturated heterocycles. The number of fused-ring (bicyclic) bond motifs is 1. The molecule has 2 heterocycles. The molecule has 1 aromatic heterocycles. The van der Waals surface area contributed by atoms with E-state index in [4.69, 9.17) is 4.74 Å². The summed E-state index contributed by atoms with van der Waals surface area (Å²) in [5, 5.41) is 10.4. The topological polar surface area (TPSA) is 68.2 Å². The number of para-hydroxylation sites is 1. The lowest BCUT2D eigenvalue weighted by molar-refractivity contribution is -0.118. The van der Waals surface area contributed by atoms with Crippen molar-refractivity contribution in [2.45, 2.75) is 26.4 Å². The zero-order chi connectivity index (χ0) is 16.2. The lowest BCUT2D eigenvalue weighted by atomic mass is 10.1. The first-order chi connectivity index (χ1) is 11.1. The Morgan fingerprint density at radius 2 is 2.30 bits per heavy atom.